The zero-order valence-electron chi connectivity index (χ0n) is 16.3. The summed E-state index contributed by atoms with van der Waals surface area (Å²) in [5, 5.41) is 9.93. The van der Waals surface area contributed by atoms with Crippen LogP contribution in [0.1, 0.15) is 29.5 Å². The molecule has 0 amide bonds. The van der Waals surface area contributed by atoms with E-state index in [1.165, 1.54) is 18.7 Å². The maximum absolute atomic E-state index is 13.7. The Hall–Kier alpha value is -0.890. The van der Waals surface area contributed by atoms with Crippen LogP contribution in [-0.2, 0) is 22.7 Å². The first-order valence-corrected chi connectivity index (χ1v) is 13.4. The van der Waals surface area contributed by atoms with Gasteiger partial charge in [-0.15, -0.1) is 11.8 Å². The van der Waals surface area contributed by atoms with Crippen LogP contribution in [0.15, 0.2) is 47.4 Å². The Morgan fingerprint density at radius 1 is 1.23 bits per heavy atom. The van der Waals surface area contributed by atoms with Crippen LogP contribution in [-0.4, -0.2) is 39.5 Å². The highest BCUT2D eigenvalue weighted by molar-refractivity contribution is 14.1. The zero-order chi connectivity index (χ0) is 23.0. The minimum absolute atomic E-state index is 0.0185. The van der Waals surface area contributed by atoms with Crippen LogP contribution in [0, 0.1) is 5.82 Å². The number of thioether (sulfide) groups is 1. The molecule has 0 aromatic heterocycles. The van der Waals surface area contributed by atoms with Crippen molar-refractivity contribution >= 4 is 44.4 Å². The van der Waals surface area contributed by atoms with E-state index in [9.17, 15) is 31.1 Å². The maximum atomic E-state index is 13.7. The molecule has 170 valence electrons. The Morgan fingerprint density at radius 3 is 2.52 bits per heavy atom. The average molecular weight is 589 g/mol. The zero-order valence-corrected chi connectivity index (χ0v) is 20.1. The minimum Gasteiger partial charge on any atom is -0.392 e. The third-order valence-electron chi connectivity index (χ3n) is 5.09. The lowest BCUT2D eigenvalue weighted by atomic mass is 9.94. The van der Waals surface area contributed by atoms with Crippen molar-refractivity contribution in [3.8, 4) is 0 Å². The molecular weight excluding hydrogens is 569 g/mol. The van der Waals surface area contributed by atoms with Gasteiger partial charge in [0.05, 0.1) is 22.8 Å². The lowest BCUT2D eigenvalue weighted by Crippen LogP contribution is -2.43. The van der Waals surface area contributed by atoms with E-state index in [4.69, 9.17) is 0 Å². The van der Waals surface area contributed by atoms with E-state index in [2.05, 4.69) is 0 Å². The van der Waals surface area contributed by atoms with Gasteiger partial charge in [0.25, 0.3) is 0 Å². The number of benzene rings is 2. The Kier molecular flexibility index (Phi) is 7.61. The summed E-state index contributed by atoms with van der Waals surface area (Å²) in [6, 6.07) is 9.73. The summed E-state index contributed by atoms with van der Waals surface area (Å²) < 4.78 is 80.6. The molecule has 3 atom stereocenters. The van der Waals surface area contributed by atoms with E-state index in [-0.39, 0.29) is 17.9 Å². The van der Waals surface area contributed by atoms with Gasteiger partial charge >= 0.3 is 6.18 Å². The molecule has 0 fully saturated rings. The monoisotopic (exact) mass is 589 g/mol. The lowest BCUT2D eigenvalue weighted by Gasteiger charge is -2.33. The first-order valence-electron chi connectivity index (χ1n) is 9.34. The summed E-state index contributed by atoms with van der Waals surface area (Å²) in [6.07, 6.45) is -5.75. The van der Waals surface area contributed by atoms with Crippen LogP contribution in [0.2, 0.25) is 0 Å². The van der Waals surface area contributed by atoms with E-state index < -0.39 is 45.0 Å². The molecule has 3 unspecified atom stereocenters. The maximum Gasteiger partial charge on any atom is 0.419 e. The first-order chi connectivity index (χ1) is 14.5. The molecule has 3 rings (SSSR count). The van der Waals surface area contributed by atoms with Crippen molar-refractivity contribution in [3.05, 3.63) is 65.0 Å². The Bertz CT molecular complexity index is 1050. The van der Waals surface area contributed by atoms with Gasteiger partial charge in [0.1, 0.15) is 5.82 Å². The molecule has 1 aliphatic heterocycles. The highest BCUT2D eigenvalue weighted by Gasteiger charge is 2.44. The van der Waals surface area contributed by atoms with Crippen molar-refractivity contribution in [2.45, 2.75) is 41.9 Å². The van der Waals surface area contributed by atoms with Crippen molar-refractivity contribution in [2.75, 3.05) is 10.2 Å². The fourth-order valence-corrected chi connectivity index (χ4v) is 7.15. The second-order valence-electron chi connectivity index (χ2n) is 7.05. The fraction of sp³-hybridized carbons (Fsp3) is 0.400. The number of aliphatic hydroxyl groups is 1. The summed E-state index contributed by atoms with van der Waals surface area (Å²) in [5.74, 6) is -2.23. The van der Waals surface area contributed by atoms with Crippen LogP contribution < -0.4 is 0 Å². The van der Waals surface area contributed by atoms with Gasteiger partial charge in [0.15, 0.2) is 0 Å². The highest BCUT2D eigenvalue weighted by atomic mass is 127. The summed E-state index contributed by atoms with van der Waals surface area (Å²) in [5.41, 5.74) is -0.622. The molecule has 1 N–H and O–H groups in total. The van der Waals surface area contributed by atoms with Crippen molar-refractivity contribution in [3.63, 3.8) is 0 Å². The number of rotatable bonds is 7. The normalized spacial score (nSPS) is 20.1. The average Bonchev–Trinajstić information content (AvgIpc) is 3.10. The number of alkyl halides is 4. The number of aliphatic hydroxyl groups excluding tert-OH is 1. The molecule has 2 aromatic rings. The largest absolute Gasteiger partial charge is 0.419 e. The Balaban J connectivity index is 2.05. The smallest absolute Gasteiger partial charge is 0.392 e. The molecular formula is C20H20F4INO3S2. The van der Waals surface area contributed by atoms with Crippen molar-refractivity contribution < 1.29 is 31.1 Å². The van der Waals surface area contributed by atoms with Crippen LogP contribution in [0.4, 0.5) is 17.6 Å². The summed E-state index contributed by atoms with van der Waals surface area (Å²) in [4.78, 5) is 0.813. The van der Waals surface area contributed by atoms with Crippen molar-refractivity contribution in [1.29, 1.82) is 0 Å². The van der Waals surface area contributed by atoms with Gasteiger partial charge in [-0.2, -0.15) is 17.5 Å². The molecule has 2 aromatic carbocycles. The summed E-state index contributed by atoms with van der Waals surface area (Å²) in [7, 11) is -3.87. The summed E-state index contributed by atoms with van der Waals surface area (Å²) >= 11 is 3.27. The molecule has 0 saturated heterocycles. The van der Waals surface area contributed by atoms with Crippen LogP contribution >= 0.6 is 34.4 Å². The van der Waals surface area contributed by atoms with E-state index in [0.717, 1.165) is 20.8 Å². The molecule has 11 heteroatoms. The second kappa shape index (κ2) is 9.54. The number of sulfonamides is 1. The van der Waals surface area contributed by atoms with Crippen LogP contribution in [0.25, 0.3) is 0 Å². The van der Waals surface area contributed by atoms with Gasteiger partial charge in [0, 0.05) is 21.8 Å². The second-order valence-corrected chi connectivity index (χ2v) is 11.3. The number of hydrogen-bond acceptors (Lipinski definition) is 4. The molecule has 0 saturated carbocycles. The van der Waals surface area contributed by atoms with Gasteiger partial charge in [-0.3, -0.25) is 0 Å². The van der Waals surface area contributed by atoms with E-state index in [1.54, 1.807) is 12.1 Å². The summed E-state index contributed by atoms with van der Waals surface area (Å²) in [6.45, 7) is 1.08. The molecule has 0 bridgehead atoms. The molecule has 0 spiro atoms. The Morgan fingerprint density at radius 2 is 1.90 bits per heavy atom. The predicted octanol–water partition coefficient (Wildman–Crippen LogP) is 5.01. The van der Waals surface area contributed by atoms with Gasteiger partial charge < -0.3 is 5.11 Å². The van der Waals surface area contributed by atoms with Gasteiger partial charge in [-0.25, -0.2) is 12.8 Å². The molecule has 31 heavy (non-hydrogen) atoms. The molecule has 1 aliphatic rings. The van der Waals surface area contributed by atoms with Gasteiger partial charge in [-0.05, 0) is 36.2 Å². The van der Waals surface area contributed by atoms with Crippen LogP contribution in [0.5, 0.6) is 0 Å². The Labute approximate surface area is 196 Å². The third-order valence-corrected chi connectivity index (χ3v) is 9.34. The number of halogens is 5. The van der Waals surface area contributed by atoms with E-state index >= 15 is 0 Å². The number of nitrogens with zero attached hydrogens (tertiary/aromatic N) is 1. The molecule has 0 aliphatic carbocycles. The lowest BCUT2D eigenvalue weighted by molar-refractivity contribution is -0.140. The quantitative estimate of drug-likeness (QED) is 0.281. The molecule has 1 heterocycles. The van der Waals surface area contributed by atoms with Crippen molar-refractivity contribution in [2.24, 2.45) is 0 Å². The predicted molar refractivity (Wildman–Crippen MR) is 120 cm³/mol. The minimum atomic E-state index is -4.90. The number of hydrogen-bond donors (Lipinski definition) is 1. The SMILES string of the molecule is CCS(=O)(=O)N(Cc1ccc(F)c(C(F)(F)F)c1)C1Sc2ccccc2C1C(O)CI. The van der Waals surface area contributed by atoms with E-state index in [0.29, 0.717) is 16.6 Å². The first kappa shape index (κ1) is 24.7. The number of fused-ring (bicyclic) bond motifs is 1. The fourth-order valence-electron chi connectivity index (χ4n) is 3.53. The van der Waals surface area contributed by atoms with Crippen molar-refractivity contribution in [1.82, 2.24) is 4.31 Å². The van der Waals surface area contributed by atoms with Gasteiger partial charge in [-0.1, -0.05) is 46.9 Å². The standard InChI is InChI=1S/C20H20F4INO3S2/c1-2-31(28,29)26(11-12-7-8-15(21)14(9-12)20(22,23)24)19-18(16(27)10-25)13-5-3-4-6-17(13)30-19/h3-9,16,18-19,27H,2,10-11H2,1H3. The van der Waals surface area contributed by atoms with E-state index in [1.807, 2.05) is 34.7 Å². The molecule has 4 nitrogen and oxygen atoms in total. The van der Waals surface area contributed by atoms with Gasteiger partial charge in [0.2, 0.25) is 10.0 Å². The highest BCUT2D eigenvalue weighted by Crippen LogP contribution is 2.49. The molecule has 0 radical (unpaired) electrons. The third kappa shape index (κ3) is 5.21. The van der Waals surface area contributed by atoms with Crippen LogP contribution in [0.3, 0.4) is 0 Å². The topological polar surface area (TPSA) is 57.6 Å².